The summed E-state index contributed by atoms with van der Waals surface area (Å²) in [5, 5.41) is 0. The summed E-state index contributed by atoms with van der Waals surface area (Å²) >= 11 is 0. The maximum atomic E-state index is 13.1. The molecular formula is C20H24N6O. The number of hydrogen-bond acceptors (Lipinski definition) is 5. The Bertz CT molecular complexity index is 947. The molecule has 1 unspecified atom stereocenters. The molecule has 0 bridgehead atoms. The van der Waals surface area contributed by atoms with Crippen LogP contribution in [0, 0.1) is 6.92 Å². The monoisotopic (exact) mass is 364 g/mol. The van der Waals surface area contributed by atoms with E-state index in [1.807, 2.05) is 55.1 Å². The number of likely N-dealkylation sites (tertiary alicyclic amines) is 1. The van der Waals surface area contributed by atoms with Gasteiger partial charge in [0.1, 0.15) is 11.5 Å². The molecule has 3 heterocycles. The molecule has 1 aliphatic rings. The molecule has 1 aliphatic heterocycles. The van der Waals surface area contributed by atoms with Crippen molar-refractivity contribution in [1.29, 1.82) is 0 Å². The number of nitrogens with zero attached hydrogens (tertiary/aromatic N) is 5. The predicted molar refractivity (Wildman–Crippen MR) is 105 cm³/mol. The van der Waals surface area contributed by atoms with Gasteiger partial charge in [0.25, 0.3) is 5.91 Å². The molecule has 4 rings (SSSR count). The number of amides is 1. The lowest BCUT2D eigenvalue weighted by atomic mass is 9.97. The third-order valence-electron chi connectivity index (χ3n) is 4.96. The van der Waals surface area contributed by atoms with Crippen LogP contribution in [0.15, 0.2) is 30.3 Å². The molecule has 1 atom stereocenters. The number of carbonyl (C=O) groups is 1. The van der Waals surface area contributed by atoms with Crippen molar-refractivity contribution in [2.45, 2.75) is 25.7 Å². The van der Waals surface area contributed by atoms with Crippen molar-refractivity contribution in [1.82, 2.24) is 24.8 Å². The number of H-pyrrole nitrogens is 1. The SMILES string of the molecule is Cc1cc(C(=O)N2CCCC(c3nc4ccccc4[nH]3)C2)nc(N(C)C)n1. The minimum atomic E-state index is -0.0376. The van der Waals surface area contributed by atoms with E-state index in [1.54, 1.807) is 6.07 Å². The molecule has 0 aliphatic carbocycles. The summed E-state index contributed by atoms with van der Waals surface area (Å²) in [4.78, 5) is 33.7. The molecule has 1 amide bonds. The van der Waals surface area contributed by atoms with Crippen LogP contribution in [-0.2, 0) is 0 Å². The van der Waals surface area contributed by atoms with E-state index >= 15 is 0 Å². The lowest BCUT2D eigenvalue weighted by molar-refractivity contribution is 0.0698. The number of carbonyl (C=O) groups excluding carboxylic acids is 1. The van der Waals surface area contributed by atoms with Gasteiger partial charge in [-0.25, -0.2) is 15.0 Å². The number of piperidine rings is 1. The second kappa shape index (κ2) is 6.98. The fraction of sp³-hybridized carbons (Fsp3) is 0.400. The third-order valence-corrected chi connectivity index (χ3v) is 4.96. The number of imidazole rings is 1. The Kier molecular flexibility index (Phi) is 4.51. The highest BCUT2D eigenvalue weighted by atomic mass is 16.2. The van der Waals surface area contributed by atoms with Crippen LogP contribution in [0.3, 0.4) is 0 Å². The summed E-state index contributed by atoms with van der Waals surface area (Å²) in [5.74, 6) is 1.70. The zero-order valence-electron chi connectivity index (χ0n) is 15.9. The second-order valence-electron chi connectivity index (χ2n) is 7.32. The van der Waals surface area contributed by atoms with E-state index in [2.05, 4.69) is 15.0 Å². The highest BCUT2D eigenvalue weighted by molar-refractivity contribution is 5.92. The maximum absolute atomic E-state index is 13.1. The lowest BCUT2D eigenvalue weighted by Crippen LogP contribution is -2.40. The van der Waals surface area contributed by atoms with Gasteiger partial charge in [0.15, 0.2) is 0 Å². The van der Waals surface area contributed by atoms with E-state index in [0.29, 0.717) is 18.2 Å². The molecule has 140 valence electrons. The number of fused-ring (bicyclic) bond motifs is 1. The first-order chi connectivity index (χ1) is 13.0. The summed E-state index contributed by atoms with van der Waals surface area (Å²) in [6, 6.07) is 9.79. The quantitative estimate of drug-likeness (QED) is 0.773. The zero-order valence-corrected chi connectivity index (χ0v) is 15.9. The van der Waals surface area contributed by atoms with Gasteiger partial charge in [0.05, 0.1) is 11.0 Å². The van der Waals surface area contributed by atoms with Crippen LogP contribution in [-0.4, -0.2) is 57.9 Å². The minimum absolute atomic E-state index is 0.0376. The number of benzene rings is 1. The predicted octanol–water partition coefficient (Wildman–Crippen LogP) is 2.75. The molecule has 1 N–H and O–H groups in total. The van der Waals surface area contributed by atoms with Crippen molar-refractivity contribution in [2.24, 2.45) is 0 Å². The molecule has 1 fully saturated rings. The maximum Gasteiger partial charge on any atom is 0.272 e. The molecule has 7 nitrogen and oxygen atoms in total. The molecule has 0 radical (unpaired) electrons. The van der Waals surface area contributed by atoms with Gasteiger partial charge in [-0.15, -0.1) is 0 Å². The van der Waals surface area contributed by atoms with Crippen LogP contribution in [0.25, 0.3) is 11.0 Å². The van der Waals surface area contributed by atoms with Gasteiger partial charge in [-0.2, -0.15) is 0 Å². The molecule has 0 saturated carbocycles. The second-order valence-corrected chi connectivity index (χ2v) is 7.32. The van der Waals surface area contributed by atoms with Crippen molar-refractivity contribution < 1.29 is 4.79 Å². The lowest BCUT2D eigenvalue weighted by Gasteiger charge is -2.31. The number of aromatic nitrogens is 4. The largest absolute Gasteiger partial charge is 0.347 e. The summed E-state index contributed by atoms with van der Waals surface area (Å²) < 4.78 is 0. The number of rotatable bonds is 3. The molecule has 27 heavy (non-hydrogen) atoms. The minimum Gasteiger partial charge on any atom is -0.347 e. The first-order valence-electron chi connectivity index (χ1n) is 9.28. The highest BCUT2D eigenvalue weighted by Gasteiger charge is 2.28. The molecular weight excluding hydrogens is 340 g/mol. The van der Waals surface area contributed by atoms with E-state index in [9.17, 15) is 4.79 Å². The standard InChI is InChI=1S/C20H24N6O/c1-13-11-17(24-20(21-13)25(2)3)19(27)26-10-6-7-14(12-26)18-22-15-8-4-5-9-16(15)23-18/h4-5,8-9,11,14H,6-7,10,12H2,1-3H3,(H,22,23). The topological polar surface area (TPSA) is 78.0 Å². The Labute approximate surface area is 158 Å². The number of aromatic amines is 1. The van der Waals surface area contributed by atoms with Gasteiger partial charge in [-0.05, 0) is 38.0 Å². The summed E-state index contributed by atoms with van der Waals surface area (Å²) in [7, 11) is 3.75. The fourth-order valence-electron chi connectivity index (χ4n) is 3.58. The van der Waals surface area contributed by atoms with Gasteiger partial charge in [0, 0.05) is 38.8 Å². The van der Waals surface area contributed by atoms with Crippen LogP contribution in [0.4, 0.5) is 5.95 Å². The number of anilines is 1. The van der Waals surface area contributed by atoms with Gasteiger partial charge in [0.2, 0.25) is 5.95 Å². The summed E-state index contributed by atoms with van der Waals surface area (Å²) in [5.41, 5.74) is 3.26. The first-order valence-corrected chi connectivity index (χ1v) is 9.28. The van der Waals surface area contributed by atoms with Gasteiger partial charge in [-0.1, -0.05) is 12.1 Å². The Morgan fingerprint density at radius 3 is 2.81 bits per heavy atom. The van der Waals surface area contributed by atoms with Crippen LogP contribution < -0.4 is 4.90 Å². The van der Waals surface area contributed by atoms with Crippen LogP contribution in [0.5, 0.6) is 0 Å². The van der Waals surface area contributed by atoms with Crippen molar-refractivity contribution in [3.8, 4) is 0 Å². The average molecular weight is 364 g/mol. The molecule has 0 spiro atoms. The van der Waals surface area contributed by atoms with Crippen molar-refractivity contribution in [3.05, 3.63) is 47.5 Å². The Morgan fingerprint density at radius 1 is 1.22 bits per heavy atom. The molecule has 1 aromatic carbocycles. The van der Waals surface area contributed by atoms with E-state index in [1.165, 1.54) is 0 Å². The smallest absolute Gasteiger partial charge is 0.272 e. The highest BCUT2D eigenvalue weighted by Crippen LogP contribution is 2.27. The molecule has 7 heteroatoms. The Morgan fingerprint density at radius 2 is 2.04 bits per heavy atom. The number of nitrogens with one attached hydrogen (secondary N) is 1. The van der Waals surface area contributed by atoms with Crippen LogP contribution in [0.1, 0.15) is 40.8 Å². The number of hydrogen-bond donors (Lipinski definition) is 1. The zero-order chi connectivity index (χ0) is 19.0. The normalized spacial score (nSPS) is 17.3. The summed E-state index contributed by atoms with van der Waals surface area (Å²) in [6.45, 7) is 3.29. The number of aryl methyl sites for hydroxylation is 1. The van der Waals surface area contributed by atoms with Gasteiger partial charge < -0.3 is 14.8 Å². The Hall–Kier alpha value is -2.96. The molecule has 1 saturated heterocycles. The van der Waals surface area contributed by atoms with E-state index in [0.717, 1.165) is 41.9 Å². The third kappa shape index (κ3) is 3.49. The van der Waals surface area contributed by atoms with Crippen molar-refractivity contribution in [2.75, 3.05) is 32.1 Å². The molecule has 3 aromatic rings. The Balaban J connectivity index is 1.56. The summed E-state index contributed by atoms with van der Waals surface area (Å²) in [6.07, 6.45) is 1.98. The van der Waals surface area contributed by atoms with Crippen LogP contribution in [0.2, 0.25) is 0 Å². The van der Waals surface area contributed by atoms with Gasteiger partial charge >= 0.3 is 0 Å². The van der Waals surface area contributed by atoms with E-state index in [4.69, 9.17) is 4.98 Å². The van der Waals surface area contributed by atoms with E-state index < -0.39 is 0 Å². The van der Waals surface area contributed by atoms with Crippen molar-refractivity contribution in [3.63, 3.8) is 0 Å². The number of para-hydroxylation sites is 2. The van der Waals surface area contributed by atoms with Gasteiger partial charge in [-0.3, -0.25) is 4.79 Å². The average Bonchev–Trinajstić information content (AvgIpc) is 3.11. The van der Waals surface area contributed by atoms with E-state index in [-0.39, 0.29) is 11.8 Å². The molecule has 2 aromatic heterocycles. The first kappa shape index (κ1) is 17.5. The van der Waals surface area contributed by atoms with Crippen molar-refractivity contribution >= 4 is 22.9 Å². The fourth-order valence-corrected chi connectivity index (χ4v) is 3.58. The van der Waals surface area contributed by atoms with Crippen LogP contribution >= 0.6 is 0 Å².